The molecule has 0 unspecified atom stereocenters. The van der Waals surface area contributed by atoms with E-state index in [1.807, 2.05) is 0 Å². The van der Waals surface area contributed by atoms with Crippen LogP contribution in [0.2, 0.25) is 0 Å². The Bertz CT molecular complexity index is 120. The average molecular weight is 237 g/mol. The molecular formula is C7H12IN. The zero-order valence-electron chi connectivity index (χ0n) is 5.49. The van der Waals surface area contributed by atoms with E-state index in [-0.39, 0.29) is 0 Å². The maximum absolute atomic E-state index is 3.60. The van der Waals surface area contributed by atoms with Gasteiger partial charge in [-0.1, -0.05) is 22.6 Å². The Morgan fingerprint density at radius 2 is 2.22 bits per heavy atom. The third-order valence-electron chi connectivity index (χ3n) is 2.42. The molecule has 2 aliphatic rings. The Balaban J connectivity index is 1.96. The molecule has 1 nitrogen and oxygen atoms in total. The smallest absolute Gasteiger partial charge is 0.0192 e. The summed E-state index contributed by atoms with van der Waals surface area (Å²) in [4.78, 5) is 0. The average Bonchev–Trinajstić information content (AvgIpc) is 2.49. The zero-order valence-corrected chi connectivity index (χ0v) is 7.65. The van der Waals surface area contributed by atoms with Crippen LogP contribution in [0, 0.1) is 0 Å². The van der Waals surface area contributed by atoms with Crippen molar-refractivity contribution in [3.8, 4) is 0 Å². The summed E-state index contributed by atoms with van der Waals surface area (Å²) in [6.07, 6.45) is 5.68. The standard InChI is InChI=1S/C7H12IN/c8-6-1-4-9-7(5-6)2-3-7/h6,9H,1-5H2/t6-/m0/s1. The van der Waals surface area contributed by atoms with Crippen LogP contribution in [0.4, 0.5) is 0 Å². The van der Waals surface area contributed by atoms with E-state index < -0.39 is 0 Å². The number of piperidine rings is 1. The van der Waals surface area contributed by atoms with Crippen molar-refractivity contribution < 1.29 is 0 Å². The Morgan fingerprint density at radius 1 is 1.44 bits per heavy atom. The molecule has 0 amide bonds. The largest absolute Gasteiger partial charge is 0.311 e. The lowest BCUT2D eigenvalue weighted by Crippen LogP contribution is -2.40. The summed E-state index contributed by atoms with van der Waals surface area (Å²) < 4.78 is 0.950. The minimum absolute atomic E-state index is 0.643. The predicted octanol–water partition coefficient (Wildman–Crippen LogP) is 1.71. The van der Waals surface area contributed by atoms with E-state index in [1.165, 1.54) is 32.2 Å². The maximum atomic E-state index is 3.60. The minimum atomic E-state index is 0.643. The summed E-state index contributed by atoms with van der Waals surface area (Å²) in [6, 6.07) is 0. The summed E-state index contributed by atoms with van der Waals surface area (Å²) in [5, 5.41) is 3.60. The molecule has 2 fully saturated rings. The SMILES string of the molecule is I[C@H]1CCNC2(CC2)C1. The lowest BCUT2D eigenvalue weighted by atomic mass is 10.0. The molecule has 0 aromatic rings. The van der Waals surface area contributed by atoms with Gasteiger partial charge in [0.2, 0.25) is 0 Å². The van der Waals surface area contributed by atoms with Gasteiger partial charge in [-0.15, -0.1) is 0 Å². The van der Waals surface area contributed by atoms with Crippen LogP contribution in [-0.4, -0.2) is 16.0 Å². The quantitative estimate of drug-likeness (QED) is 0.499. The molecule has 2 rings (SSSR count). The van der Waals surface area contributed by atoms with Gasteiger partial charge in [0.25, 0.3) is 0 Å². The molecule has 0 aromatic heterocycles. The van der Waals surface area contributed by atoms with Crippen molar-refractivity contribution in [2.24, 2.45) is 0 Å². The molecule has 1 aliphatic carbocycles. The molecule has 1 atom stereocenters. The summed E-state index contributed by atoms with van der Waals surface area (Å²) in [5.74, 6) is 0. The van der Waals surface area contributed by atoms with E-state index in [1.54, 1.807) is 0 Å². The molecule has 1 aliphatic heterocycles. The Morgan fingerprint density at radius 3 is 2.67 bits per heavy atom. The highest BCUT2D eigenvalue weighted by molar-refractivity contribution is 14.1. The van der Waals surface area contributed by atoms with E-state index in [0.717, 1.165) is 3.92 Å². The molecule has 0 radical (unpaired) electrons. The van der Waals surface area contributed by atoms with Gasteiger partial charge >= 0.3 is 0 Å². The first-order valence-corrected chi connectivity index (χ1v) is 4.94. The summed E-state index contributed by atoms with van der Waals surface area (Å²) in [5.41, 5.74) is 0.643. The normalized spacial score (nSPS) is 39.0. The van der Waals surface area contributed by atoms with Crippen LogP contribution in [0.1, 0.15) is 25.7 Å². The molecule has 9 heavy (non-hydrogen) atoms. The number of halogens is 1. The fraction of sp³-hybridized carbons (Fsp3) is 1.00. The van der Waals surface area contributed by atoms with Gasteiger partial charge < -0.3 is 5.32 Å². The lowest BCUT2D eigenvalue weighted by molar-refractivity contribution is 0.401. The van der Waals surface area contributed by atoms with Gasteiger partial charge in [0.15, 0.2) is 0 Å². The maximum Gasteiger partial charge on any atom is 0.0192 e. The Labute approximate surface area is 69.7 Å². The number of hydrogen-bond acceptors (Lipinski definition) is 1. The number of rotatable bonds is 0. The van der Waals surface area contributed by atoms with Gasteiger partial charge in [0.05, 0.1) is 0 Å². The van der Waals surface area contributed by atoms with Crippen LogP contribution in [-0.2, 0) is 0 Å². The minimum Gasteiger partial charge on any atom is -0.311 e. The van der Waals surface area contributed by atoms with Gasteiger partial charge in [-0.3, -0.25) is 0 Å². The van der Waals surface area contributed by atoms with Crippen molar-refractivity contribution >= 4 is 22.6 Å². The first-order valence-electron chi connectivity index (χ1n) is 3.70. The summed E-state index contributed by atoms with van der Waals surface area (Å²) in [7, 11) is 0. The second-order valence-electron chi connectivity index (χ2n) is 3.30. The van der Waals surface area contributed by atoms with E-state index in [2.05, 4.69) is 27.9 Å². The van der Waals surface area contributed by atoms with Crippen molar-refractivity contribution in [3.05, 3.63) is 0 Å². The lowest BCUT2D eigenvalue weighted by Gasteiger charge is -2.26. The second-order valence-corrected chi connectivity index (χ2v) is 5.06. The fourth-order valence-electron chi connectivity index (χ4n) is 1.62. The molecule has 0 aromatic carbocycles. The molecule has 1 N–H and O–H groups in total. The number of alkyl halides is 1. The van der Waals surface area contributed by atoms with Crippen molar-refractivity contribution in [2.75, 3.05) is 6.54 Å². The van der Waals surface area contributed by atoms with Crippen LogP contribution < -0.4 is 5.32 Å². The van der Waals surface area contributed by atoms with Crippen molar-refractivity contribution in [3.63, 3.8) is 0 Å². The first kappa shape index (κ1) is 6.40. The van der Waals surface area contributed by atoms with Crippen LogP contribution >= 0.6 is 22.6 Å². The third-order valence-corrected chi connectivity index (χ3v) is 3.49. The highest BCUT2D eigenvalue weighted by atomic mass is 127. The van der Waals surface area contributed by atoms with Gasteiger partial charge in [0, 0.05) is 9.46 Å². The molecular weight excluding hydrogens is 225 g/mol. The fourth-order valence-corrected chi connectivity index (χ4v) is 2.78. The molecule has 52 valence electrons. The highest BCUT2D eigenvalue weighted by Crippen LogP contribution is 2.43. The molecule has 1 saturated heterocycles. The van der Waals surface area contributed by atoms with E-state index in [4.69, 9.17) is 0 Å². The highest BCUT2D eigenvalue weighted by Gasteiger charge is 2.45. The molecule has 1 spiro atoms. The monoisotopic (exact) mass is 237 g/mol. The van der Waals surface area contributed by atoms with Crippen LogP contribution in [0.5, 0.6) is 0 Å². The zero-order chi connectivity index (χ0) is 6.32. The first-order chi connectivity index (χ1) is 4.31. The predicted molar refractivity (Wildman–Crippen MR) is 47.0 cm³/mol. The van der Waals surface area contributed by atoms with Crippen molar-refractivity contribution in [1.82, 2.24) is 5.32 Å². The van der Waals surface area contributed by atoms with Gasteiger partial charge in [0.1, 0.15) is 0 Å². The molecule has 1 saturated carbocycles. The Kier molecular flexibility index (Phi) is 1.49. The molecule has 1 heterocycles. The topological polar surface area (TPSA) is 12.0 Å². The second kappa shape index (κ2) is 2.09. The number of nitrogens with one attached hydrogen (secondary N) is 1. The van der Waals surface area contributed by atoms with Crippen LogP contribution in [0.3, 0.4) is 0 Å². The van der Waals surface area contributed by atoms with E-state index in [9.17, 15) is 0 Å². The summed E-state index contributed by atoms with van der Waals surface area (Å²) >= 11 is 2.58. The summed E-state index contributed by atoms with van der Waals surface area (Å²) in [6.45, 7) is 1.26. The van der Waals surface area contributed by atoms with Crippen LogP contribution in [0.25, 0.3) is 0 Å². The molecule has 2 heteroatoms. The third kappa shape index (κ3) is 1.24. The molecule has 0 bridgehead atoms. The number of hydrogen-bond donors (Lipinski definition) is 1. The van der Waals surface area contributed by atoms with Crippen molar-refractivity contribution in [2.45, 2.75) is 35.1 Å². The van der Waals surface area contributed by atoms with Gasteiger partial charge in [-0.2, -0.15) is 0 Å². The van der Waals surface area contributed by atoms with E-state index in [0.29, 0.717) is 5.54 Å². The Hall–Kier alpha value is 0.690. The van der Waals surface area contributed by atoms with Gasteiger partial charge in [-0.05, 0) is 32.2 Å². The van der Waals surface area contributed by atoms with Gasteiger partial charge in [-0.25, -0.2) is 0 Å². The van der Waals surface area contributed by atoms with E-state index >= 15 is 0 Å². The van der Waals surface area contributed by atoms with Crippen molar-refractivity contribution in [1.29, 1.82) is 0 Å². The van der Waals surface area contributed by atoms with Crippen LogP contribution in [0.15, 0.2) is 0 Å².